The summed E-state index contributed by atoms with van der Waals surface area (Å²) in [6.07, 6.45) is 6.71. The molecule has 1 saturated carbocycles. The predicted molar refractivity (Wildman–Crippen MR) is 153 cm³/mol. The third-order valence-electron chi connectivity index (χ3n) is 8.11. The molecule has 3 aromatic heterocycles. The molecule has 6 rings (SSSR count). The van der Waals surface area contributed by atoms with Crippen LogP contribution in [0.3, 0.4) is 0 Å². The average Bonchev–Trinajstić information content (AvgIpc) is 3.73. The van der Waals surface area contributed by atoms with Gasteiger partial charge in [-0.2, -0.15) is 0 Å². The van der Waals surface area contributed by atoms with E-state index < -0.39 is 11.6 Å². The van der Waals surface area contributed by atoms with Crippen molar-refractivity contribution in [2.45, 2.75) is 65.1 Å². The van der Waals surface area contributed by atoms with Gasteiger partial charge in [-0.3, -0.25) is 9.80 Å². The van der Waals surface area contributed by atoms with Gasteiger partial charge in [0.25, 0.3) is 0 Å². The Morgan fingerprint density at radius 2 is 1.75 bits per heavy atom. The van der Waals surface area contributed by atoms with Crippen LogP contribution in [0.25, 0.3) is 22.3 Å². The smallest absolute Gasteiger partial charge is 0.229 e. The summed E-state index contributed by atoms with van der Waals surface area (Å²) < 4.78 is 31.9. The minimum atomic E-state index is -0.632. The molecule has 4 heterocycles. The van der Waals surface area contributed by atoms with Crippen molar-refractivity contribution in [3.8, 4) is 11.3 Å². The Morgan fingerprint density at radius 1 is 0.975 bits per heavy atom. The van der Waals surface area contributed by atoms with Crippen LogP contribution < -0.4 is 5.32 Å². The van der Waals surface area contributed by atoms with Gasteiger partial charge in [-0.25, -0.2) is 28.7 Å². The van der Waals surface area contributed by atoms with Crippen molar-refractivity contribution in [3.63, 3.8) is 0 Å². The standard InChI is InChI=1S/C30H36F2N8/c1-5-25(39-12-10-38(11-13-39)22-7-8-22)20-6-9-27(33-16-20)36-30-34-17-24(32)28(37-30)21-14-23(31)29-26(15-21)40(18(2)3)19(4)35-29/h6,9,14-18,22,25H,5,7-8,10-13H2,1-4H3,(H,33,34,36,37). The van der Waals surface area contributed by atoms with Crippen LogP contribution in [-0.4, -0.2) is 66.5 Å². The van der Waals surface area contributed by atoms with Gasteiger partial charge in [0.1, 0.15) is 22.9 Å². The number of hydrogen-bond acceptors (Lipinski definition) is 7. The number of rotatable bonds is 8. The maximum absolute atomic E-state index is 15.0. The highest BCUT2D eigenvalue weighted by atomic mass is 19.1. The highest BCUT2D eigenvalue weighted by molar-refractivity contribution is 5.83. The number of benzene rings is 1. The van der Waals surface area contributed by atoms with Crippen LogP contribution in [0.15, 0.2) is 36.7 Å². The van der Waals surface area contributed by atoms with Crippen LogP contribution in [0.4, 0.5) is 20.5 Å². The minimum Gasteiger partial charge on any atom is -0.326 e. The van der Waals surface area contributed by atoms with Gasteiger partial charge in [0.05, 0.1) is 11.7 Å². The Balaban J connectivity index is 1.21. The lowest BCUT2D eigenvalue weighted by Crippen LogP contribution is -2.48. The Hall–Kier alpha value is -3.50. The molecule has 1 aromatic carbocycles. The van der Waals surface area contributed by atoms with Crippen LogP contribution >= 0.6 is 0 Å². The van der Waals surface area contributed by atoms with Gasteiger partial charge in [0.15, 0.2) is 11.6 Å². The van der Waals surface area contributed by atoms with E-state index in [4.69, 9.17) is 0 Å². The first-order chi connectivity index (χ1) is 19.3. The number of hydrogen-bond donors (Lipinski definition) is 1. The zero-order valence-corrected chi connectivity index (χ0v) is 23.5. The van der Waals surface area contributed by atoms with E-state index in [2.05, 4.69) is 48.0 Å². The lowest BCUT2D eigenvalue weighted by Gasteiger charge is -2.39. The number of aromatic nitrogens is 5. The van der Waals surface area contributed by atoms with Gasteiger partial charge >= 0.3 is 0 Å². The van der Waals surface area contributed by atoms with Crippen molar-refractivity contribution in [1.29, 1.82) is 0 Å². The summed E-state index contributed by atoms with van der Waals surface area (Å²) >= 11 is 0. The van der Waals surface area contributed by atoms with Crippen LogP contribution in [0.5, 0.6) is 0 Å². The van der Waals surface area contributed by atoms with E-state index in [1.165, 1.54) is 24.5 Å². The molecule has 1 atom stereocenters. The number of nitrogens with zero attached hydrogens (tertiary/aromatic N) is 7. The van der Waals surface area contributed by atoms with Crippen molar-refractivity contribution in [3.05, 3.63) is 59.7 Å². The summed E-state index contributed by atoms with van der Waals surface area (Å²) in [6, 6.07) is 8.20. The lowest BCUT2D eigenvalue weighted by atomic mass is 10.0. The summed E-state index contributed by atoms with van der Waals surface area (Å²) in [4.78, 5) is 22.7. The fourth-order valence-corrected chi connectivity index (χ4v) is 6.04. The van der Waals surface area contributed by atoms with E-state index in [1.807, 2.05) is 37.6 Å². The summed E-state index contributed by atoms with van der Waals surface area (Å²) in [5, 5.41) is 3.08. The zero-order chi connectivity index (χ0) is 28.0. The molecule has 0 radical (unpaired) electrons. The molecule has 1 N–H and O–H groups in total. The van der Waals surface area contributed by atoms with Crippen molar-refractivity contribution in [2.75, 3.05) is 31.5 Å². The molecule has 4 aromatic rings. The molecule has 0 spiro atoms. The van der Waals surface area contributed by atoms with E-state index in [1.54, 1.807) is 6.07 Å². The molecule has 0 amide bonds. The van der Waals surface area contributed by atoms with Crippen LogP contribution in [0.2, 0.25) is 0 Å². The quantitative estimate of drug-likeness (QED) is 0.289. The first-order valence-electron chi connectivity index (χ1n) is 14.2. The molecule has 1 unspecified atom stereocenters. The maximum Gasteiger partial charge on any atom is 0.229 e. The molecule has 40 heavy (non-hydrogen) atoms. The second kappa shape index (κ2) is 10.8. The second-order valence-electron chi connectivity index (χ2n) is 11.2. The fourth-order valence-electron chi connectivity index (χ4n) is 6.04. The van der Waals surface area contributed by atoms with E-state index in [0.29, 0.717) is 28.8 Å². The number of nitrogens with one attached hydrogen (secondary N) is 1. The number of fused-ring (bicyclic) bond motifs is 1. The molecular weight excluding hydrogens is 510 g/mol. The van der Waals surface area contributed by atoms with Gasteiger partial charge in [-0.05, 0) is 63.8 Å². The number of halogens is 2. The molecule has 210 valence electrons. The summed E-state index contributed by atoms with van der Waals surface area (Å²) in [5.41, 5.74) is 2.38. The Kier molecular flexibility index (Phi) is 7.22. The number of imidazole rings is 1. The van der Waals surface area contributed by atoms with Crippen LogP contribution in [0.1, 0.15) is 63.5 Å². The number of aryl methyl sites for hydroxylation is 1. The zero-order valence-electron chi connectivity index (χ0n) is 23.5. The summed E-state index contributed by atoms with van der Waals surface area (Å²) in [6.45, 7) is 12.5. The topological polar surface area (TPSA) is 75.0 Å². The predicted octanol–water partition coefficient (Wildman–Crippen LogP) is 6.03. The normalized spacial score (nSPS) is 17.6. The molecule has 0 bridgehead atoms. The van der Waals surface area contributed by atoms with Gasteiger partial charge in [-0.15, -0.1) is 0 Å². The third-order valence-corrected chi connectivity index (χ3v) is 8.11. The van der Waals surface area contributed by atoms with Gasteiger partial charge in [0.2, 0.25) is 5.95 Å². The first-order valence-corrected chi connectivity index (χ1v) is 14.2. The average molecular weight is 547 g/mol. The number of pyridine rings is 1. The molecule has 10 heteroatoms. The van der Waals surface area contributed by atoms with Gasteiger partial charge in [0, 0.05) is 56.1 Å². The molecule has 2 fully saturated rings. The van der Waals surface area contributed by atoms with Crippen molar-refractivity contribution in [1.82, 2.24) is 34.3 Å². The van der Waals surface area contributed by atoms with Crippen LogP contribution in [-0.2, 0) is 0 Å². The van der Waals surface area contributed by atoms with E-state index >= 15 is 4.39 Å². The highest BCUT2D eigenvalue weighted by Gasteiger charge is 2.33. The largest absolute Gasteiger partial charge is 0.326 e. The number of anilines is 2. The molecule has 8 nitrogen and oxygen atoms in total. The first kappa shape index (κ1) is 26.7. The Morgan fingerprint density at radius 3 is 2.40 bits per heavy atom. The van der Waals surface area contributed by atoms with Gasteiger partial charge in [-0.1, -0.05) is 13.0 Å². The second-order valence-corrected chi connectivity index (χ2v) is 11.2. The third kappa shape index (κ3) is 5.17. The molecule has 1 aliphatic heterocycles. The maximum atomic E-state index is 15.0. The summed E-state index contributed by atoms with van der Waals surface area (Å²) in [7, 11) is 0. The highest BCUT2D eigenvalue weighted by Crippen LogP contribution is 2.32. The monoisotopic (exact) mass is 546 g/mol. The SMILES string of the molecule is CCC(c1ccc(Nc2ncc(F)c(-c3cc(F)c4nc(C)n(C(C)C)c4c3)n2)nc1)N1CCN(C2CC2)CC1. The van der Waals surface area contributed by atoms with E-state index in [9.17, 15) is 4.39 Å². The summed E-state index contributed by atoms with van der Waals surface area (Å²) in [5.74, 6) is 0.303. The van der Waals surface area contributed by atoms with Crippen molar-refractivity contribution in [2.24, 2.45) is 0 Å². The van der Waals surface area contributed by atoms with E-state index in [0.717, 1.165) is 44.8 Å². The fraction of sp³-hybridized carbons (Fsp3) is 0.467. The molecule has 1 aliphatic carbocycles. The van der Waals surface area contributed by atoms with Crippen LogP contribution in [0, 0.1) is 18.6 Å². The molecular formula is C30H36F2N8. The minimum absolute atomic E-state index is 0.0143. The van der Waals surface area contributed by atoms with Crippen molar-refractivity contribution >= 4 is 22.8 Å². The molecule has 2 aliphatic rings. The van der Waals surface area contributed by atoms with Crippen molar-refractivity contribution < 1.29 is 8.78 Å². The molecule has 1 saturated heterocycles. The van der Waals surface area contributed by atoms with Gasteiger partial charge < -0.3 is 9.88 Å². The Bertz CT molecular complexity index is 1500. The Labute approximate surface area is 233 Å². The lowest BCUT2D eigenvalue weighted by molar-refractivity contribution is 0.0892. The number of piperazine rings is 1. The van der Waals surface area contributed by atoms with E-state index in [-0.39, 0.29) is 23.2 Å².